The quantitative estimate of drug-likeness (QED) is 0.811. The zero-order valence-electron chi connectivity index (χ0n) is 11.4. The van der Waals surface area contributed by atoms with Crippen LogP contribution in [-0.4, -0.2) is 30.4 Å². The third-order valence-electron chi connectivity index (χ3n) is 3.77. The maximum Gasteiger partial charge on any atom is 0.137 e. The van der Waals surface area contributed by atoms with Gasteiger partial charge in [0.05, 0.1) is 0 Å². The molecule has 1 aliphatic carbocycles. The molecule has 0 radical (unpaired) electrons. The van der Waals surface area contributed by atoms with Crippen molar-refractivity contribution in [2.75, 3.05) is 13.2 Å². The van der Waals surface area contributed by atoms with Crippen LogP contribution in [0.2, 0.25) is 5.02 Å². The number of aliphatic hydroxyl groups excluding tert-OH is 1. The third-order valence-corrected chi connectivity index (χ3v) is 4.19. The van der Waals surface area contributed by atoms with Crippen LogP contribution in [0.1, 0.15) is 31.2 Å². The summed E-state index contributed by atoms with van der Waals surface area (Å²) in [7, 11) is 0. The molecule has 4 heteroatoms. The minimum atomic E-state index is -0.147. The molecule has 0 aromatic heterocycles. The van der Waals surface area contributed by atoms with Gasteiger partial charge in [-0.1, -0.05) is 18.0 Å². The predicted molar refractivity (Wildman–Crippen MR) is 76.7 cm³/mol. The molecular weight excluding hydrogens is 262 g/mol. The number of halogens is 1. The molecule has 0 amide bonds. The number of nitrogens with two attached hydrogens (primary N) is 1. The lowest BCUT2D eigenvalue weighted by Crippen LogP contribution is -2.93. The van der Waals surface area contributed by atoms with Gasteiger partial charge in [-0.05, 0) is 43.5 Å². The second kappa shape index (κ2) is 7.13. The number of aliphatic hydroxyl groups is 1. The Balaban J connectivity index is 1.70. The Morgan fingerprint density at radius 3 is 2.89 bits per heavy atom. The minimum absolute atomic E-state index is 0.147. The summed E-state index contributed by atoms with van der Waals surface area (Å²) in [5.41, 5.74) is 1.03. The standard InChI is InChI=1S/C15H22ClNO2/c1-11-10-12(6-7-13(11)16)19-9-8-17-14-4-2-3-5-15(14)18/h6-7,10,14-15,17-18H,2-5,8-9H2,1H3/p+1. The Bertz CT molecular complexity index is 411. The number of ether oxygens (including phenoxy) is 1. The molecule has 1 aromatic rings. The molecule has 1 aromatic carbocycles. The second-order valence-electron chi connectivity index (χ2n) is 5.30. The Labute approximate surface area is 119 Å². The van der Waals surface area contributed by atoms with Gasteiger partial charge in [0.2, 0.25) is 0 Å². The molecule has 0 bridgehead atoms. The highest BCUT2D eigenvalue weighted by molar-refractivity contribution is 6.31. The molecule has 1 saturated carbocycles. The zero-order chi connectivity index (χ0) is 13.7. The Hall–Kier alpha value is -0.770. The fourth-order valence-corrected chi connectivity index (χ4v) is 2.70. The highest BCUT2D eigenvalue weighted by Gasteiger charge is 2.25. The van der Waals surface area contributed by atoms with Gasteiger partial charge < -0.3 is 15.2 Å². The minimum Gasteiger partial charge on any atom is -0.488 e. The summed E-state index contributed by atoms with van der Waals surface area (Å²) in [4.78, 5) is 0. The average molecular weight is 285 g/mol. The van der Waals surface area contributed by atoms with E-state index >= 15 is 0 Å². The van der Waals surface area contributed by atoms with E-state index in [1.165, 1.54) is 6.42 Å². The van der Waals surface area contributed by atoms with Gasteiger partial charge in [0, 0.05) is 11.4 Å². The first-order valence-electron chi connectivity index (χ1n) is 7.07. The lowest BCUT2D eigenvalue weighted by molar-refractivity contribution is -0.699. The Morgan fingerprint density at radius 2 is 2.16 bits per heavy atom. The summed E-state index contributed by atoms with van der Waals surface area (Å²) in [6.45, 7) is 3.51. The first kappa shape index (κ1) is 14.6. The molecule has 2 atom stereocenters. The van der Waals surface area contributed by atoms with E-state index in [1.807, 2.05) is 25.1 Å². The number of aryl methyl sites for hydroxylation is 1. The second-order valence-corrected chi connectivity index (χ2v) is 5.71. The molecule has 1 fully saturated rings. The van der Waals surface area contributed by atoms with Crippen molar-refractivity contribution in [2.45, 2.75) is 44.8 Å². The lowest BCUT2D eigenvalue weighted by Gasteiger charge is -2.25. The molecule has 1 aliphatic rings. The van der Waals surface area contributed by atoms with Crippen LogP contribution < -0.4 is 10.1 Å². The van der Waals surface area contributed by atoms with Crippen molar-refractivity contribution in [3.05, 3.63) is 28.8 Å². The van der Waals surface area contributed by atoms with Crippen LogP contribution in [0, 0.1) is 6.92 Å². The van der Waals surface area contributed by atoms with E-state index in [4.69, 9.17) is 16.3 Å². The van der Waals surface area contributed by atoms with Crippen LogP contribution in [0.25, 0.3) is 0 Å². The molecule has 2 unspecified atom stereocenters. The normalized spacial score (nSPS) is 23.3. The van der Waals surface area contributed by atoms with Gasteiger partial charge in [-0.2, -0.15) is 0 Å². The first-order chi connectivity index (χ1) is 9.16. The molecule has 3 N–H and O–H groups in total. The van der Waals surface area contributed by atoms with Crippen LogP contribution in [0.4, 0.5) is 0 Å². The third kappa shape index (κ3) is 4.37. The monoisotopic (exact) mass is 284 g/mol. The van der Waals surface area contributed by atoms with Crippen molar-refractivity contribution in [3.63, 3.8) is 0 Å². The van der Waals surface area contributed by atoms with E-state index in [9.17, 15) is 5.11 Å². The lowest BCUT2D eigenvalue weighted by atomic mass is 9.93. The molecule has 0 aliphatic heterocycles. The highest BCUT2D eigenvalue weighted by Crippen LogP contribution is 2.20. The fraction of sp³-hybridized carbons (Fsp3) is 0.600. The van der Waals surface area contributed by atoms with Crippen molar-refractivity contribution < 1.29 is 15.2 Å². The average Bonchev–Trinajstić information content (AvgIpc) is 2.40. The largest absolute Gasteiger partial charge is 0.488 e. The van der Waals surface area contributed by atoms with E-state index in [1.54, 1.807) is 0 Å². The number of hydrogen-bond donors (Lipinski definition) is 2. The van der Waals surface area contributed by atoms with Crippen molar-refractivity contribution >= 4 is 11.6 Å². The topological polar surface area (TPSA) is 46.1 Å². The van der Waals surface area contributed by atoms with E-state index in [0.717, 1.165) is 42.1 Å². The highest BCUT2D eigenvalue weighted by atomic mass is 35.5. The number of benzene rings is 1. The maximum absolute atomic E-state index is 9.87. The molecule has 0 heterocycles. The molecule has 3 nitrogen and oxygen atoms in total. The molecular formula is C15H23ClNO2+. The van der Waals surface area contributed by atoms with Gasteiger partial charge in [-0.25, -0.2) is 0 Å². The van der Waals surface area contributed by atoms with Crippen molar-refractivity contribution in [3.8, 4) is 5.75 Å². The molecule has 0 saturated heterocycles. The van der Waals surface area contributed by atoms with Crippen LogP contribution in [0.5, 0.6) is 5.75 Å². The summed E-state index contributed by atoms with van der Waals surface area (Å²) in [5, 5.41) is 12.8. The van der Waals surface area contributed by atoms with Crippen molar-refractivity contribution in [1.29, 1.82) is 0 Å². The number of rotatable bonds is 5. The smallest absolute Gasteiger partial charge is 0.137 e. The summed E-state index contributed by atoms with van der Waals surface area (Å²) in [5.74, 6) is 0.861. The van der Waals surface area contributed by atoms with Crippen LogP contribution >= 0.6 is 11.6 Å². The summed E-state index contributed by atoms with van der Waals surface area (Å²) in [6, 6.07) is 6.06. The first-order valence-corrected chi connectivity index (χ1v) is 7.45. The Morgan fingerprint density at radius 1 is 1.37 bits per heavy atom. The summed E-state index contributed by atoms with van der Waals surface area (Å²) >= 11 is 5.97. The fourth-order valence-electron chi connectivity index (χ4n) is 2.58. The van der Waals surface area contributed by atoms with E-state index in [-0.39, 0.29) is 6.10 Å². The van der Waals surface area contributed by atoms with Gasteiger partial charge >= 0.3 is 0 Å². The maximum atomic E-state index is 9.87. The van der Waals surface area contributed by atoms with E-state index in [0.29, 0.717) is 12.6 Å². The molecule has 19 heavy (non-hydrogen) atoms. The van der Waals surface area contributed by atoms with Gasteiger partial charge in [-0.3, -0.25) is 0 Å². The van der Waals surface area contributed by atoms with E-state index in [2.05, 4.69) is 5.32 Å². The van der Waals surface area contributed by atoms with E-state index < -0.39 is 0 Å². The Kier molecular flexibility index (Phi) is 5.49. The van der Waals surface area contributed by atoms with Gasteiger partial charge in [0.1, 0.15) is 31.0 Å². The number of quaternary nitrogens is 1. The van der Waals surface area contributed by atoms with Crippen LogP contribution in [0.3, 0.4) is 0 Å². The predicted octanol–water partition coefficient (Wildman–Crippen LogP) is 1.89. The van der Waals surface area contributed by atoms with Crippen molar-refractivity contribution in [2.24, 2.45) is 0 Å². The van der Waals surface area contributed by atoms with Gasteiger partial charge in [-0.15, -0.1) is 0 Å². The zero-order valence-corrected chi connectivity index (χ0v) is 12.2. The van der Waals surface area contributed by atoms with Crippen molar-refractivity contribution in [1.82, 2.24) is 0 Å². The van der Waals surface area contributed by atoms with Gasteiger partial charge in [0.25, 0.3) is 0 Å². The number of hydrogen-bond acceptors (Lipinski definition) is 2. The van der Waals surface area contributed by atoms with Crippen LogP contribution in [0.15, 0.2) is 18.2 Å². The van der Waals surface area contributed by atoms with Gasteiger partial charge in [0.15, 0.2) is 0 Å². The van der Waals surface area contributed by atoms with Crippen LogP contribution in [-0.2, 0) is 0 Å². The SMILES string of the molecule is Cc1cc(OCC[NH2+]C2CCCCC2O)ccc1Cl. The molecule has 2 rings (SSSR count). The molecule has 0 spiro atoms. The summed E-state index contributed by atoms with van der Waals surface area (Å²) in [6.07, 6.45) is 4.30. The summed E-state index contributed by atoms with van der Waals surface area (Å²) < 4.78 is 5.70. The molecule has 106 valence electrons.